The molecule has 0 saturated carbocycles. The van der Waals surface area contributed by atoms with Gasteiger partial charge in [0.2, 0.25) is 0 Å². The molecule has 5 heteroatoms. The van der Waals surface area contributed by atoms with E-state index in [1.54, 1.807) is 17.6 Å². The summed E-state index contributed by atoms with van der Waals surface area (Å²) < 4.78 is 5.25. The first-order chi connectivity index (χ1) is 11.9. The Balaban J connectivity index is 1.82. The Labute approximate surface area is 141 Å². The number of hydrogen-bond acceptors (Lipinski definition) is 5. The topological polar surface area (TPSA) is 51.8 Å². The lowest BCUT2D eigenvalue weighted by Gasteiger charge is -2.07. The van der Waals surface area contributed by atoms with E-state index >= 15 is 0 Å². The van der Waals surface area contributed by atoms with Crippen LogP contribution in [0.2, 0.25) is 0 Å². The van der Waals surface area contributed by atoms with Crippen LogP contribution in [0.1, 0.15) is 0 Å². The molecule has 5 aromatic rings. The van der Waals surface area contributed by atoms with Gasteiger partial charge in [0.25, 0.3) is 0 Å². The Hall–Kier alpha value is -3.05. The number of benzene rings is 2. The van der Waals surface area contributed by atoms with Gasteiger partial charge in [-0.05, 0) is 22.2 Å². The molecule has 0 radical (unpaired) electrons. The highest BCUT2D eigenvalue weighted by Gasteiger charge is 2.17. The van der Waals surface area contributed by atoms with Gasteiger partial charge in [0.05, 0.1) is 10.3 Å². The fourth-order valence-corrected chi connectivity index (χ4v) is 3.70. The molecule has 0 amide bonds. The van der Waals surface area contributed by atoms with E-state index < -0.39 is 0 Å². The second kappa shape index (κ2) is 5.25. The molecule has 3 aromatic heterocycles. The highest BCUT2D eigenvalue weighted by Crippen LogP contribution is 2.35. The van der Waals surface area contributed by atoms with Crippen molar-refractivity contribution in [1.29, 1.82) is 0 Å². The number of thiophene rings is 1. The summed E-state index contributed by atoms with van der Waals surface area (Å²) in [4.78, 5) is 1.03. The summed E-state index contributed by atoms with van der Waals surface area (Å²) in [5.41, 5.74) is 3.34. The van der Waals surface area contributed by atoms with E-state index in [4.69, 9.17) is 4.52 Å². The van der Waals surface area contributed by atoms with Gasteiger partial charge < -0.3 is 4.52 Å². The quantitative estimate of drug-likeness (QED) is 0.448. The third kappa shape index (κ3) is 1.95. The van der Waals surface area contributed by atoms with E-state index in [1.165, 1.54) is 5.39 Å². The van der Waals surface area contributed by atoms with Crippen LogP contribution >= 0.6 is 11.3 Å². The lowest BCUT2D eigenvalue weighted by Crippen LogP contribution is -1.93. The molecule has 0 bridgehead atoms. The van der Waals surface area contributed by atoms with E-state index in [2.05, 4.69) is 39.6 Å². The minimum Gasteiger partial charge on any atom is -0.363 e. The molecule has 2 aromatic carbocycles. The fraction of sp³-hybridized carbons (Fsp3) is 0. The van der Waals surface area contributed by atoms with E-state index in [1.807, 2.05) is 35.7 Å². The summed E-state index contributed by atoms with van der Waals surface area (Å²) in [5, 5.41) is 18.3. The van der Waals surface area contributed by atoms with Crippen LogP contribution in [0.3, 0.4) is 0 Å². The van der Waals surface area contributed by atoms with Crippen molar-refractivity contribution in [1.82, 2.24) is 15.4 Å². The lowest BCUT2D eigenvalue weighted by molar-refractivity contribution is 0.428. The van der Waals surface area contributed by atoms with Gasteiger partial charge in [-0.25, -0.2) is 0 Å². The van der Waals surface area contributed by atoms with Gasteiger partial charge in [-0.1, -0.05) is 53.7 Å². The molecule has 0 spiro atoms. The largest absolute Gasteiger partial charge is 0.363 e. The molecule has 24 heavy (non-hydrogen) atoms. The number of aromatic nitrogens is 3. The number of nitrogens with zero attached hydrogens (tertiary/aromatic N) is 3. The SMILES string of the molecule is c1csc(-c2nnc(-c3cccc4ccccc34)c3conc23)c1. The summed E-state index contributed by atoms with van der Waals surface area (Å²) >= 11 is 1.61. The van der Waals surface area contributed by atoms with Crippen LogP contribution in [-0.2, 0) is 0 Å². The van der Waals surface area contributed by atoms with Crippen molar-refractivity contribution in [3.63, 3.8) is 0 Å². The molecule has 5 rings (SSSR count). The van der Waals surface area contributed by atoms with Crippen LogP contribution in [0, 0.1) is 0 Å². The standard InChI is InChI=1S/C19H11N3OS/c1-2-7-13-12(5-1)6-3-8-14(13)17-15-11-23-22-18(15)19(21-20-17)16-9-4-10-24-16/h1-11H. The Morgan fingerprint density at radius 3 is 2.58 bits per heavy atom. The van der Waals surface area contributed by atoms with Gasteiger partial charge in [-0.2, -0.15) is 0 Å². The third-order valence-corrected chi connectivity index (χ3v) is 4.98. The number of hydrogen-bond donors (Lipinski definition) is 0. The van der Waals surface area contributed by atoms with Crippen LogP contribution < -0.4 is 0 Å². The van der Waals surface area contributed by atoms with Crippen molar-refractivity contribution in [2.24, 2.45) is 0 Å². The van der Waals surface area contributed by atoms with Crippen LogP contribution in [-0.4, -0.2) is 15.4 Å². The second-order valence-electron chi connectivity index (χ2n) is 5.48. The zero-order valence-electron chi connectivity index (χ0n) is 12.5. The van der Waals surface area contributed by atoms with E-state index in [9.17, 15) is 0 Å². The average molecular weight is 329 g/mol. The van der Waals surface area contributed by atoms with Gasteiger partial charge in [0.1, 0.15) is 23.2 Å². The van der Waals surface area contributed by atoms with Crippen molar-refractivity contribution in [2.45, 2.75) is 0 Å². The molecule has 0 atom stereocenters. The Kier molecular flexibility index (Phi) is 2.93. The molecule has 0 N–H and O–H groups in total. The highest BCUT2D eigenvalue weighted by atomic mass is 32.1. The van der Waals surface area contributed by atoms with Crippen LogP contribution in [0.25, 0.3) is 43.5 Å². The molecular weight excluding hydrogens is 318 g/mol. The molecule has 114 valence electrons. The zero-order valence-corrected chi connectivity index (χ0v) is 13.3. The first-order valence-electron chi connectivity index (χ1n) is 7.54. The summed E-state index contributed by atoms with van der Waals surface area (Å²) in [7, 11) is 0. The van der Waals surface area contributed by atoms with Gasteiger partial charge in [-0.15, -0.1) is 21.5 Å². The summed E-state index contributed by atoms with van der Waals surface area (Å²) in [6.45, 7) is 0. The Morgan fingerprint density at radius 2 is 1.67 bits per heavy atom. The van der Waals surface area contributed by atoms with Crippen LogP contribution in [0.15, 0.2) is 70.8 Å². The maximum absolute atomic E-state index is 5.25. The Morgan fingerprint density at radius 1 is 0.792 bits per heavy atom. The monoisotopic (exact) mass is 329 g/mol. The third-order valence-electron chi connectivity index (χ3n) is 4.10. The summed E-state index contributed by atoms with van der Waals surface area (Å²) in [6.07, 6.45) is 1.65. The molecule has 0 fully saturated rings. The van der Waals surface area contributed by atoms with Crippen molar-refractivity contribution in [2.75, 3.05) is 0 Å². The molecule has 0 aliphatic carbocycles. The molecule has 4 nitrogen and oxygen atoms in total. The van der Waals surface area contributed by atoms with Gasteiger partial charge in [0.15, 0.2) is 0 Å². The fourth-order valence-electron chi connectivity index (χ4n) is 2.99. The second-order valence-corrected chi connectivity index (χ2v) is 6.43. The molecule has 0 aliphatic rings. The molecular formula is C19H11N3OS. The van der Waals surface area contributed by atoms with Gasteiger partial charge in [0, 0.05) is 5.56 Å². The zero-order chi connectivity index (χ0) is 15.9. The van der Waals surface area contributed by atoms with Crippen molar-refractivity contribution < 1.29 is 4.52 Å². The summed E-state index contributed by atoms with van der Waals surface area (Å²) in [5.74, 6) is 0. The highest BCUT2D eigenvalue weighted by molar-refractivity contribution is 7.13. The number of fused-ring (bicyclic) bond motifs is 2. The van der Waals surface area contributed by atoms with Crippen LogP contribution in [0.4, 0.5) is 0 Å². The molecule has 0 unspecified atom stereocenters. The van der Waals surface area contributed by atoms with Crippen molar-refractivity contribution >= 4 is 33.0 Å². The predicted octanol–water partition coefficient (Wildman–Crippen LogP) is 5.17. The van der Waals surface area contributed by atoms with Gasteiger partial charge >= 0.3 is 0 Å². The van der Waals surface area contributed by atoms with E-state index in [-0.39, 0.29) is 0 Å². The normalized spacial score (nSPS) is 11.3. The predicted molar refractivity (Wildman–Crippen MR) is 95.9 cm³/mol. The van der Waals surface area contributed by atoms with E-state index in [0.29, 0.717) is 0 Å². The minimum atomic E-state index is 0.746. The average Bonchev–Trinajstić information content (AvgIpc) is 3.32. The molecule has 0 saturated heterocycles. The first-order valence-corrected chi connectivity index (χ1v) is 8.42. The minimum absolute atomic E-state index is 0.746. The maximum atomic E-state index is 5.25. The summed E-state index contributed by atoms with van der Waals surface area (Å²) in [6, 6.07) is 18.5. The van der Waals surface area contributed by atoms with Gasteiger partial charge in [-0.3, -0.25) is 0 Å². The van der Waals surface area contributed by atoms with Crippen molar-refractivity contribution in [3.05, 3.63) is 66.2 Å². The molecule has 3 heterocycles. The Bertz CT molecular complexity index is 1160. The lowest BCUT2D eigenvalue weighted by atomic mass is 10.0. The van der Waals surface area contributed by atoms with Crippen LogP contribution in [0.5, 0.6) is 0 Å². The first kappa shape index (κ1) is 13.4. The maximum Gasteiger partial charge on any atom is 0.145 e. The number of rotatable bonds is 2. The smallest absolute Gasteiger partial charge is 0.145 e. The van der Waals surface area contributed by atoms with Crippen molar-refractivity contribution in [3.8, 4) is 21.8 Å². The van der Waals surface area contributed by atoms with E-state index in [0.717, 1.165) is 38.1 Å². The molecule has 0 aliphatic heterocycles.